The molecule has 0 bridgehead atoms. The third kappa shape index (κ3) is 3.51. The van der Waals surface area contributed by atoms with Gasteiger partial charge in [0.25, 0.3) is 0 Å². The smallest absolute Gasteiger partial charge is 0.224 e. The molecule has 24 heavy (non-hydrogen) atoms. The van der Waals surface area contributed by atoms with Crippen molar-refractivity contribution in [2.75, 3.05) is 14.2 Å². The molecule has 0 radical (unpaired) electrons. The van der Waals surface area contributed by atoms with Crippen LogP contribution in [0.4, 0.5) is 0 Å². The van der Waals surface area contributed by atoms with E-state index >= 15 is 0 Å². The van der Waals surface area contributed by atoms with Crippen LogP contribution in [0.25, 0.3) is 11.0 Å². The molecule has 0 aliphatic rings. The summed E-state index contributed by atoms with van der Waals surface area (Å²) in [7, 11) is 3.17. The molecule has 1 aromatic heterocycles. The first kappa shape index (κ1) is 15.9. The molecule has 2 aromatic carbocycles. The fourth-order valence-corrected chi connectivity index (χ4v) is 2.57. The first-order chi connectivity index (χ1) is 11.7. The van der Waals surface area contributed by atoms with Crippen molar-refractivity contribution in [1.82, 2.24) is 5.32 Å². The third-order valence-electron chi connectivity index (χ3n) is 3.77. The Kier molecular flexibility index (Phi) is 4.70. The van der Waals surface area contributed by atoms with E-state index < -0.39 is 0 Å². The number of hydrogen-bond acceptors (Lipinski definition) is 4. The van der Waals surface area contributed by atoms with Gasteiger partial charge in [-0.1, -0.05) is 18.2 Å². The lowest BCUT2D eigenvalue weighted by molar-refractivity contribution is -0.120. The van der Waals surface area contributed by atoms with Gasteiger partial charge in [-0.2, -0.15) is 0 Å². The summed E-state index contributed by atoms with van der Waals surface area (Å²) in [5.74, 6) is 1.97. The number of ether oxygens (including phenoxy) is 2. The van der Waals surface area contributed by atoms with Gasteiger partial charge in [0.15, 0.2) is 0 Å². The lowest BCUT2D eigenvalue weighted by Gasteiger charge is -2.10. The van der Waals surface area contributed by atoms with Gasteiger partial charge in [-0.25, -0.2) is 0 Å². The number of benzene rings is 2. The Bertz CT molecular complexity index is 820. The molecular formula is C19H19NO4. The fourth-order valence-electron chi connectivity index (χ4n) is 2.57. The quantitative estimate of drug-likeness (QED) is 0.755. The Morgan fingerprint density at radius 1 is 1.08 bits per heavy atom. The molecule has 0 aliphatic heterocycles. The second-order valence-corrected chi connectivity index (χ2v) is 5.38. The van der Waals surface area contributed by atoms with Crippen LogP contribution >= 0.6 is 0 Å². The summed E-state index contributed by atoms with van der Waals surface area (Å²) in [5.41, 5.74) is 1.59. The van der Waals surface area contributed by atoms with Crippen LogP contribution in [0.15, 0.2) is 52.9 Å². The Balaban J connectivity index is 1.65. The minimum absolute atomic E-state index is 0.109. The molecule has 0 saturated heterocycles. The Hall–Kier alpha value is -2.95. The second kappa shape index (κ2) is 7.08. The van der Waals surface area contributed by atoms with Gasteiger partial charge in [0.1, 0.15) is 22.8 Å². The van der Waals surface area contributed by atoms with Crippen molar-refractivity contribution in [3.63, 3.8) is 0 Å². The van der Waals surface area contributed by atoms with E-state index in [1.54, 1.807) is 32.4 Å². The van der Waals surface area contributed by atoms with Crippen LogP contribution in [-0.2, 0) is 17.8 Å². The number of furan rings is 1. The summed E-state index contributed by atoms with van der Waals surface area (Å²) in [4.78, 5) is 12.2. The number of fused-ring (bicyclic) bond motifs is 1. The van der Waals surface area contributed by atoms with Gasteiger partial charge in [-0.05, 0) is 30.3 Å². The summed E-state index contributed by atoms with van der Waals surface area (Å²) in [5, 5.41) is 3.89. The molecule has 3 rings (SSSR count). The molecule has 0 atom stereocenters. The number of carbonyl (C=O) groups is 1. The van der Waals surface area contributed by atoms with Gasteiger partial charge in [0.2, 0.25) is 5.91 Å². The molecule has 1 amide bonds. The predicted molar refractivity (Wildman–Crippen MR) is 91.3 cm³/mol. The van der Waals surface area contributed by atoms with Crippen molar-refractivity contribution < 1.29 is 18.7 Å². The molecule has 5 heteroatoms. The highest BCUT2D eigenvalue weighted by molar-refractivity contribution is 5.80. The Morgan fingerprint density at radius 3 is 2.67 bits per heavy atom. The molecule has 0 saturated carbocycles. The molecule has 5 nitrogen and oxygen atoms in total. The maximum atomic E-state index is 12.2. The van der Waals surface area contributed by atoms with E-state index in [9.17, 15) is 4.79 Å². The zero-order chi connectivity index (χ0) is 16.9. The predicted octanol–water partition coefficient (Wildman–Crippen LogP) is 3.31. The molecule has 3 aromatic rings. The van der Waals surface area contributed by atoms with Crippen LogP contribution in [0.3, 0.4) is 0 Å². The van der Waals surface area contributed by atoms with Crippen LogP contribution in [0.1, 0.15) is 11.3 Å². The molecular weight excluding hydrogens is 306 g/mol. The van der Waals surface area contributed by atoms with Crippen LogP contribution in [0.5, 0.6) is 11.5 Å². The van der Waals surface area contributed by atoms with Crippen molar-refractivity contribution in [2.24, 2.45) is 0 Å². The third-order valence-corrected chi connectivity index (χ3v) is 3.77. The largest absolute Gasteiger partial charge is 0.497 e. The number of hydrogen-bond donors (Lipinski definition) is 1. The summed E-state index contributed by atoms with van der Waals surface area (Å²) >= 11 is 0. The topological polar surface area (TPSA) is 60.7 Å². The number of rotatable bonds is 6. The highest BCUT2D eigenvalue weighted by atomic mass is 16.5. The highest BCUT2D eigenvalue weighted by Crippen LogP contribution is 2.24. The van der Waals surface area contributed by atoms with Crippen molar-refractivity contribution >= 4 is 16.9 Å². The maximum Gasteiger partial charge on any atom is 0.224 e. The zero-order valence-corrected chi connectivity index (χ0v) is 13.7. The van der Waals surface area contributed by atoms with Crippen molar-refractivity contribution in [1.29, 1.82) is 0 Å². The summed E-state index contributed by atoms with van der Waals surface area (Å²) < 4.78 is 16.2. The van der Waals surface area contributed by atoms with E-state index in [1.165, 1.54) is 0 Å². The van der Waals surface area contributed by atoms with Crippen molar-refractivity contribution in [3.8, 4) is 11.5 Å². The molecule has 124 valence electrons. The number of methoxy groups -OCH3 is 2. The molecule has 0 fully saturated rings. The summed E-state index contributed by atoms with van der Waals surface area (Å²) in [6.07, 6.45) is 0.209. The second-order valence-electron chi connectivity index (χ2n) is 5.38. The number of para-hydroxylation sites is 1. The summed E-state index contributed by atoms with van der Waals surface area (Å²) in [6, 6.07) is 15.1. The number of nitrogens with one attached hydrogen (secondary N) is 1. The lowest BCUT2D eigenvalue weighted by Crippen LogP contribution is -2.24. The monoisotopic (exact) mass is 325 g/mol. The average Bonchev–Trinajstić information content (AvgIpc) is 3.03. The number of carbonyl (C=O) groups excluding carboxylic acids is 1. The highest BCUT2D eigenvalue weighted by Gasteiger charge is 2.11. The minimum Gasteiger partial charge on any atom is -0.497 e. The normalized spacial score (nSPS) is 10.6. The van der Waals surface area contributed by atoms with Crippen LogP contribution < -0.4 is 14.8 Å². The van der Waals surface area contributed by atoms with E-state index in [0.717, 1.165) is 22.3 Å². The fraction of sp³-hybridized carbons (Fsp3) is 0.211. The van der Waals surface area contributed by atoms with E-state index in [4.69, 9.17) is 13.9 Å². The van der Waals surface area contributed by atoms with Crippen molar-refractivity contribution in [2.45, 2.75) is 13.0 Å². The first-order valence-corrected chi connectivity index (χ1v) is 7.64. The maximum absolute atomic E-state index is 12.2. The van der Waals surface area contributed by atoms with E-state index in [-0.39, 0.29) is 12.3 Å². The van der Waals surface area contributed by atoms with Gasteiger partial charge in [0, 0.05) is 10.9 Å². The number of amides is 1. The van der Waals surface area contributed by atoms with Crippen LogP contribution in [0, 0.1) is 0 Å². The molecule has 0 unspecified atom stereocenters. The zero-order valence-electron chi connectivity index (χ0n) is 13.7. The van der Waals surface area contributed by atoms with Gasteiger partial charge >= 0.3 is 0 Å². The molecule has 1 N–H and O–H groups in total. The minimum atomic E-state index is -0.109. The van der Waals surface area contributed by atoms with E-state index in [0.29, 0.717) is 18.0 Å². The molecule has 0 aliphatic carbocycles. The lowest BCUT2D eigenvalue weighted by atomic mass is 10.1. The van der Waals surface area contributed by atoms with E-state index in [1.807, 2.05) is 30.3 Å². The molecule has 1 heterocycles. The van der Waals surface area contributed by atoms with Gasteiger partial charge in [-0.3, -0.25) is 4.79 Å². The first-order valence-electron chi connectivity index (χ1n) is 7.64. The summed E-state index contributed by atoms with van der Waals surface area (Å²) in [6.45, 7) is 0.347. The Morgan fingerprint density at radius 2 is 1.92 bits per heavy atom. The van der Waals surface area contributed by atoms with Gasteiger partial charge < -0.3 is 19.2 Å². The van der Waals surface area contributed by atoms with E-state index in [2.05, 4.69) is 5.32 Å². The van der Waals surface area contributed by atoms with Crippen LogP contribution in [0.2, 0.25) is 0 Å². The Labute approximate surface area is 140 Å². The SMILES string of the molecule is COc1ccc(OC)c(CC(=O)NCc2cc3ccccc3o2)c1. The van der Waals surface area contributed by atoms with Crippen LogP contribution in [-0.4, -0.2) is 20.1 Å². The van der Waals surface area contributed by atoms with Crippen molar-refractivity contribution in [3.05, 3.63) is 59.9 Å². The molecule has 0 spiro atoms. The van der Waals surface area contributed by atoms with Gasteiger partial charge in [-0.15, -0.1) is 0 Å². The van der Waals surface area contributed by atoms with Gasteiger partial charge in [0.05, 0.1) is 27.2 Å². The average molecular weight is 325 g/mol. The standard InChI is InChI=1S/C19H19NO4/c1-22-15-7-8-17(23-2)14(10-15)11-19(21)20-12-16-9-13-5-3-4-6-18(13)24-16/h3-10H,11-12H2,1-2H3,(H,20,21).